The van der Waals surface area contributed by atoms with Crippen LogP contribution in [0.4, 0.5) is 13.2 Å². The standard InChI is InChI=1S/C13H10F3N3OS/c1-21(20)12-18-17-11-7-8-2-3-10(13(14,15)16)6-9(8)4-5-19(11)12/h2-6H,7H2,1H3. The van der Waals surface area contributed by atoms with Gasteiger partial charge < -0.3 is 0 Å². The molecule has 1 aliphatic heterocycles. The summed E-state index contributed by atoms with van der Waals surface area (Å²) in [6, 6.07) is 3.60. The third kappa shape index (κ3) is 2.51. The number of halogens is 3. The Bertz CT molecular complexity index is 765. The van der Waals surface area contributed by atoms with E-state index in [2.05, 4.69) is 10.2 Å². The molecule has 0 aliphatic carbocycles. The molecule has 0 saturated heterocycles. The lowest BCUT2D eigenvalue weighted by Crippen LogP contribution is -2.06. The number of rotatable bonds is 1. The highest BCUT2D eigenvalue weighted by Crippen LogP contribution is 2.32. The summed E-state index contributed by atoms with van der Waals surface area (Å²) in [5.74, 6) is 0.551. The van der Waals surface area contributed by atoms with Crippen molar-refractivity contribution in [3.63, 3.8) is 0 Å². The van der Waals surface area contributed by atoms with Crippen molar-refractivity contribution in [3.8, 4) is 0 Å². The molecule has 3 rings (SSSR count). The predicted molar refractivity (Wildman–Crippen MR) is 71.8 cm³/mol. The molecule has 0 amide bonds. The Kier molecular flexibility index (Phi) is 3.20. The fourth-order valence-electron chi connectivity index (χ4n) is 2.19. The Morgan fingerprint density at radius 2 is 2.05 bits per heavy atom. The van der Waals surface area contributed by atoms with Crippen LogP contribution in [-0.2, 0) is 23.4 Å². The molecule has 0 N–H and O–H groups in total. The van der Waals surface area contributed by atoms with Crippen molar-refractivity contribution in [2.45, 2.75) is 17.8 Å². The van der Waals surface area contributed by atoms with E-state index < -0.39 is 22.5 Å². The molecule has 2 heterocycles. The molecule has 2 aromatic rings. The number of alkyl halides is 3. The Balaban J connectivity index is 2.09. The summed E-state index contributed by atoms with van der Waals surface area (Å²) in [5, 5.41) is 8.09. The van der Waals surface area contributed by atoms with E-state index in [0.29, 0.717) is 17.8 Å². The number of hydrogen-bond acceptors (Lipinski definition) is 3. The summed E-state index contributed by atoms with van der Waals surface area (Å²) in [5.41, 5.74) is 0.504. The molecule has 0 bridgehead atoms. The molecular weight excluding hydrogens is 303 g/mol. The Hall–Kier alpha value is -1.96. The second kappa shape index (κ2) is 4.80. The SMILES string of the molecule is CS(=O)c1nnc2n1C=Cc1cc(C(F)(F)F)ccc1C2. The first-order valence-corrected chi connectivity index (χ1v) is 7.57. The first-order valence-electron chi connectivity index (χ1n) is 6.02. The Morgan fingerprint density at radius 1 is 1.29 bits per heavy atom. The summed E-state index contributed by atoms with van der Waals surface area (Å²) in [6.07, 6.45) is 0.550. The summed E-state index contributed by atoms with van der Waals surface area (Å²) >= 11 is 0. The van der Waals surface area contributed by atoms with E-state index >= 15 is 0 Å². The molecular formula is C13H10F3N3OS. The maximum absolute atomic E-state index is 12.7. The highest BCUT2D eigenvalue weighted by molar-refractivity contribution is 7.84. The number of hydrogen-bond donors (Lipinski definition) is 0. The van der Waals surface area contributed by atoms with Crippen molar-refractivity contribution in [2.75, 3.05) is 6.26 Å². The van der Waals surface area contributed by atoms with Gasteiger partial charge in [-0.15, -0.1) is 10.2 Å². The minimum Gasteiger partial charge on any atom is -0.279 e. The zero-order valence-corrected chi connectivity index (χ0v) is 11.7. The highest BCUT2D eigenvalue weighted by Gasteiger charge is 2.31. The average Bonchev–Trinajstić information content (AvgIpc) is 2.71. The molecule has 1 aromatic heterocycles. The van der Waals surface area contributed by atoms with Crippen LogP contribution in [0, 0.1) is 0 Å². The van der Waals surface area contributed by atoms with E-state index in [1.165, 1.54) is 12.3 Å². The molecule has 8 heteroatoms. The summed E-state index contributed by atoms with van der Waals surface area (Å²) in [6.45, 7) is 0. The van der Waals surface area contributed by atoms with Crippen LogP contribution in [-0.4, -0.2) is 25.2 Å². The molecule has 0 saturated carbocycles. The lowest BCUT2D eigenvalue weighted by molar-refractivity contribution is -0.137. The van der Waals surface area contributed by atoms with E-state index in [0.717, 1.165) is 17.7 Å². The number of nitrogens with zero attached hydrogens (tertiary/aromatic N) is 3. The van der Waals surface area contributed by atoms with Crippen molar-refractivity contribution in [1.82, 2.24) is 14.8 Å². The molecule has 0 fully saturated rings. The van der Waals surface area contributed by atoms with Gasteiger partial charge in [0.1, 0.15) is 5.82 Å². The zero-order valence-electron chi connectivity index (χ0n) is 10.9. The Labute approximate surface area is 120 Å². The van der Waals surface area contributed by atoms with E-state index in [-0.39, 0.29) is 5.16 Å². The number of aromatic nitrogens is 3. The van der Waals surface area contributed by atoms with Crippen molar-refractivity contribution >= 4 is 23.1 Å². The minimum absolute atomic E-state index is 0.283. The molecule has 110 valence electrons. The molecule has 4 nitrogen and oxygen atoms in total. The van der Waals surface area contributed by atoms with Crippen molar-refractivity contribution < 1.29 is 17.4 Å². The van der Waals surface area contributed by atoms with Gasteiger partial charge in [0.05, 0.1) is 16.4 Å². The molecule has 1 aliphatic rings. The van der Waals surface area contributed by atoms with Gasteiger partial charge in [-0.25, -0.2) is 0 Å². The second-order valence-electron chi connectivity index (χ2n) is 4.63. The van der Waals surface area contributed by atoms with Crippen molar-refractivity contribution in [1.29, 1.82) is 0 Å². The van der Waals surface area contributed by atoms with Crippen LogP contribution in [0.3, 0.4) is 0 Å². The van der Waals surface area contributed by atoms with Crippen LogP contribution in [0.5, 0.6) is 0 Å². The average molecular weight is 313 g/mol. The summed E-state index contributed by atoms with van der Waals surface area (Å²) < 4.78 is 51.3. The highest BCUT2D eigenvalue weighted by atomic mass is 32.2. The predicted octanol–water partition coefficient (Wildman–Crippen LogP) is 2.57. The number of fused-ring (bicyclic) bond motifs is 2. The fraction of sp³-hybridized carbons (Fsp3) is 0.231. The van der Waals surface area contributed by atoms with Crippen LogP contribution >= 0.6 is 0 Å². The molecule has 1 unspecified atom stereocenters. The first kappa shape index (κ1) is 14.0. The topological polar surface area (TPSA) is 47.8 Å². The fourth-order valence-corrected chi connectivity index (χ4v) is 2.79. The largest absolute Gasteiger partial charge is 0.416 e. The molecule has 21 heavy (non-hydrogen) atoms. The van der Waals surface area contributed by atoms with E-state index in [1.54, 1.807) is 16.8 Å². The Morgan fingerprint density at radius 3 is 2.71 bits per heavy atom. The third-order valence-electron chi connectivity index (χ3n) is 3.22. The second-order valence-corrected chi connectivity index (χ2v) is 5.90. The molecule has 1 atom stereocenters. The maximum atomic E-state index is 12.7. The quantitative estimate of drug-likeness (QED) is 0.694. The normalized spacial score (nSPS) is 15.2. The van der Waals surface area contributed by atoms with E-state index in [9.17, 15) is 17.4 Å². The minimum atomic E-state index is -4.37. The van der Waals surface area contributed by atoms with Gasteiger partial charge in [-0.2, -0.15) is 13.2 Å². The van der Waals surface area contributed by atoms with E-state index in [1.807, 2.05) is 0 Å². The molecule has 0 spiro atoms. The smallest absolute Gasteiger partial charge is 0.279 e. The maximum Gasteiger partial charge on any atom is 0.416 e. The first-order chi connectivity index (χ1) is 9.86. The van der Waals surface area contributed by atoms with Crippen LogP contribution in [0.2, 0.25) is 0 Å². The van der Waals surface area contributed by atoms with Gasteiger partial charge >= 0.3 is 6.18 Å². The van der Waals surface area contributed by atoms with Gasteiger partial charge in [0.25, 0.3) is 0 Å². The molecule has 1 aromatic carbocycles. The zero-order chi connectivity index (χ0) is 15.2. The molecule has 0 radical (unpaired) electrons. The van der Waals surface area contributed by atoms with Crippen molar-refractivity contribution in [3.05, 3.63) is 40.7 Å². The van der Waals surface area contributed by atoms with Crippen LogP contribution in [0.25, 0.3) is 12.3 Å². The van der Waals surface area contributed by atoms with Gasteiger partial charge in [-0.3, -0.25) is 8.78 Å². The monoisotopic (exact) mass is 313 g/mol. The third-order valence-corrected chi connectivity index (χ3v) is 4.01. The lowest BCUT2D eigenvalue weighted by Gasteiger charge is -2.09. The van der Waals surface area contributed by atoms with Gasteiger partial charge in [0, 0.05) is 18.9 Å². The van der Waals surface area contributed by atoms with Crippen LogP contribution < -0.4 is 0 Å². The summed E-state index contributed by atoms with van der Waals surface area (Å²) in [7, 11) is -1.32. The van der Waals surface area contributed by atoms with Crippen molar-refractivity contribution in [2.24, 2.45) is 0 Å². The summed E-state index contributed by atoms with van der Waals surface area (Å²) in [4.78, 5) is 0. The number of benzene rings is 1. The van der Waals surface area contributed by atoms with E-state index in [4.69, 9.17) is 0 Å². The van der Waals surface area contributed by atoms with Crippen LogP contribution in [0.1, 0.15) is 22.5 Å². The van der Waals surface area contributed by atoms with Gasteiger partial charge in [-0.05, 0) is 29.3 Å². The van der Waals surface area contributed by atoms with Crippen LogP contribution in [0.15, 0.2) is 23.4 Å². The van der Waals surface area contributed by atoms with Gasteiger partial charge in [0.2, 0.25) is 5.16 Å². The van der Waals surface area contributed by atoms with Gasteiger partial charge in [-0.1, -0.05) is 6.07 Å². The van der Waals surface area contributed by atoms with Gasteiger partial charge in [0.15, 0.2) is 0 Å². The lowest BCUT2D eigenvalue weighted by atomic mass is 10.0.